The summed E-state index contributed by atoms with van der Waals surface area (Å²) in [6.07, 6.45) is 1.01. The molecule has 0 atom stereocenters. The van der Waals surface area contributed by atoms with Crippen LogP contribution < -0.4 is 10.1 Å². The van der Waals surface area contributed by atoms with Crippen LogP contribution in [0, 0.1) is 0 Å². The minimum atomic E-state index is 0.307. The van der Waals surface area contributed by atoms with Crippen LogP contribution >= 0.6 is 0 Å². The molecule has 1 aromatic carbocycles. The Bertz CT molecular complexity index is 442. The summed E-state index contributed by atoms with van der Waals surface area (Å²) in [7, 11) is 0. The molecule has 0 spiro atoms. The first-order valence-corrected chi connectivity index (χ1v) is 5.63. The van der Waals surface area contributed by atoms with Gasteiger partial charge >= 0.3 is 6.01 Å². The number of benzene rings is 1. The average Bonchev–Trinajstić information content (AvgIpc) is 2.83. The Morgan fingerprint density at radius 3 is 2.88 bits per heavy atom. The first-order chi connectivity index (χ1) is 8.38. The van der Waals surface area contributed by atoms with Crippen molar-refractivity contribution in [2.45, 2.75) is 20.0 Å². The summed E-state index contributed by atoms with van der Waals surface area (Å²) >= 11 is 0. The summed E-state index contributed by atoms with van der Waals surface area (Å²) in [4.78, 5) is 4.15. The quantitative estimate of drug-likeness (QED) is 0.830. The molecule has 1 aromatic heterocycles. The standard InChI is InChI=1S/C12H15N3O2/c1-2-8-13-12-14-11(15-17-12)9-16-10-6-4-3-5-7-10/h3-7H,2,8-9H2,1H3,(H,13,14,15). The largest absolute Gasteiger partial charge is 0.485 e. The van der Waals surface area contributed by atoms with Crippen molar-refractivity contribution in [3.05, 3.63) is 36.2 Å². The summed E-state index contributed by atoms with van der Waals surface area (Å²) < 4.78 is 10.5. The number of hydrogen-bond donors (Lipinski definition) is 1. The highest BCUT2D eigenvalue weighted by atomic mass is 16.5. The van der Waals surface area contributed by atoms with Gasteiger partial charge in [-0.25, -0.2) is 0 Å². The fourth-order valence-corrected chi connectivity index (χ4v) is 1.28. The van der Waals surface area contributed by atoms with E-state index in [4.69, 9.17) is 9.26 Å². The van der Waals surface area contributed by atoms with E-state index in [-0.39, 0.29) is 0 Å². The predicted molar refractivity (Wildman–Crippen MR) is 63.9 cm³/mol. The predicted octanol–water partition coefficient (Wildman–Crippen LogP) is 2.47. The second kappa shape index (κ2) is 5.89. The topological polar surface area (TPSA) is 60.2 Å². The van der Waals surface area contributed by atoms with Crippen molar-refractivity contribution in [2.75, 3.05) is 11.9 Å². The lowest BCUT2D eigenvalue weighted by Gasteiger charge is -2.01. The van der Waals surface area contributed by atoms with Crippen molar-refractivity contribution in [3.8, 4) is 5.75 Å². The van der Waals surface area contributed by atoms with Crippen LogP contribution in [0.4, 0.5) is 6.01 Å². The number of ether oxygens (including phenoxy) is 1. The first-order valence-electron chi connectivity index (χ1n) is 5.63. The number of hydrogen-bond acceptors (Lipinski definition) is 5. The van der Waals surface area contributed by atoms with Gasteiger partial charge in [0.15, 0.2) is 6.61 Å². The Kier molecular flexibility index (Phi) is 3.96. The molecule has 1 N–H and O–H groups in total. The molecule has 0 radical (unpaired) electrons. The lowest BCUT2D eigenvalue weighted by molar-refractivity contribution is 0.287. The van der Waals surface area contributed by atoms with Gasteiger partial charge in [-0.3, -0.25) is 0 Å². The fraction of sp³-hybridized carbons (Fsp3) is 0.333. The molecule has 0 fully saturated rings. The van der Waals surface area contributed by atoms with Gasteiger partial charge in [-0.05, 0) is 18.6 Å². The van der Waals surface area contributed by atoms with Crippen LogP contribution in [0.25, 0.3) is 0 Å². The number of para-hydroxylation sites is 1. The molecule has 5 heteroatoms. The molecule has 0 saturated carbocycles. The SMILES string of the molecule is CCCNc1nc(COc2ccccc2)no1. The molecule has 90 valence electrons. The summed E-state index contributed by atoms with van der Waals surface area (Å²) in [5.74, 6) is 1.33. The van der Waals surface area contributed by atoms with E-state index in [1.165, 1.54) is 0 Å². The lowest BCUT2D eigenvalue weighted by atomic mass is 10.3. The molecular formula is C12H15N3O2. The Hall–Kier alpha value is -2.04. The molecule has 0 unspecified atom stereocenters. The third-order valence-electron chi connectivity index (χ3n) is 2.11. The normalized spacial score (nSPS) is 10.2. The van der Waals surface area contributed by atoms with Crippen LogP contribution in [0.15, 0.2) is 34.9 Å². The minimum absolute atomic E-state index is 0.307. The Morgan fingerprint density at radius 2 is 2.12 bits per heavy atom. The van der Waals surface area contributed by atoms with Crippen LogP contribution in [0.5, 0.6) is 5.75 Å². The van der Waals surface area contributed by atoms with E-state index >= 15 is 0 Å². The van der Waals surface area contributed by atoms with Crippen molar-refractivity contribution in [2.24, 2.45) is 0 Å². The van der Waals surface area contributed by atoms with Gasteiger partial charge in [-0.1, -0.05) is 30.3 Å². The van der Waals surface area contributed by atoms with Crippen molar-refractivity contribution in [1.29, 1.82) is 0 Å². The zero-order chi connectivity index (χ0) is 11.9. The molecule has 0 aliphatic heterocycles. The van der Waals surface area contributed by atoms with E-state index in [1.54, 1.807) is 0 Å². The Labute approximate surface area is 99.8 Å². The van der Waals surface area contributed by atoms with Crippen LogP contribution in [0.3, 0.4) is 0 Å². The Morgan fingerprint density at radius 1 is 1.29 bits per heavy atom. The average molecular weight is 233 g/mol. The number of anilines is 1. The van der Waals surface area contributed by atoms with E-state index in [1.807, 2.05) is 30.3 Å². The molecule has 2 rings (SSSR count). The molecule has 0 bridgehead atoms. The highest BCUT2D eigenvalue weighted by Gasteiger charge is 2.05. The minimum Gasteiger partial charge on any atom is -0.485 e. The van der Waals surface area contributed by atoms with Crippen molar-refractivity contribution >= 4 is 6.01 Å². The molecule has 5 nitrogen and oxygen atoms in total. The lowest BCUT2D eigenvalue weighted by Crippen LogP contribution is -2.01. The summed E-state index contributed by atoms with van der Waals surface area (Å²) in [5.41, 5.74) is 0. The maximum absolute atomic E-state index is 5.50. The van der Waals surface area contributed by atoms with Gasteiger partial charge in [0.2, 0.25) is 5.82 Å². The van der Waals surface area contributed by atoms with Gasteiger partial charge in [0.25, 0.3) is 0 Å². The van der Waals surface area contributed by atoms with Gasteiger partial charge in [-0.2, -0.15) is 4.98 Å². The molecule has 0 amide bonds. The van der Waals surface area contributed by atoms with Crippen molar-refractivity contribution in [1.82, 2.24) is 10.1 Å². The van der Waals surface area contributed by atoms with Crippen molar-refractivity contribution < 1.29 is 9.26 Å². The summed E-state index contributed by atoms with van der Waals surface area (Å²) in [5, 5.41) is 6.83. The van der Waals surface area contributed by atoms with Crippen LogP contribution in [0.1, 0.15) is 19.2 Å². The number of rotatable bonds is 6. The zero-order valence-electron chi connectivity index (χ0n) is 9.72. The van der Waals surface area contributed by atoms with Gasteiger partial charge in [0.05, 0.1) is 0 Å². The molecule has 2 aromatic rings. The van der Waals surface area contributed by atoms with E-state index in [0.717, 1.165) is 18.7 Å². The van der Waals surface area contributed by atoms with Gasteiger partial charge in [0.1, 0.15) is 5.75 Å². The number of nitrogens with one attached hydrogen (secondary N) is 1. The molecular weight excluding hydrogens is 218 g/mol. The third-order valence-corrected chi connectivity index (χ3v) is 2.11. The molecule has 17 heavy (non-hydrogen) atoms. The van der Waals surface area contributed by atoms with Crippen LogP contribution in [-0.2, 0) is 6.61 Å². The number of nitrogens with zero attached hydrogens (tertiary/aromatic N) is 2. The second-order valence-corrected chi connectivity index (χ2v) is 3.54. The Balaban J connectivity index is 1.85. The van der Waals surface area contributed by atoms with Gasteiger partial charge < -0.3 is 14.6 Å². The van der Waals surface area contributed by atoms with E-state index in [0.29, 0.717) is 18.4 Å². The van der Waals surface area contributed by atoms with Crippen LogP contribution in [0.2, 0.25) is 0 Å². The smallest absolute Gasteiger partial charge is 0.321 e. The zero-order valence-corrected chi connectivity index (χ0v) is 9.72. The van der Waals surface area contributed by atoms with E-state index in [9.17, 15) is 0 Å². The van der Waals surface area contributed by atoms with E-state index < -0.39 is 0 Å². The highest BCUT2D eigenvalue weighted by molar-refractivity contribution is 5.21. The summed E-state index contributed by atoms with van der Waals surface area (Å²) in [6.45, 7) is 3.20. The first kappa shape index (κ1) is 11.4. The maximum atomic E-state index is 5.50. The maximum Gasteiger partial charge on any atom is 0.321 e. The van der Waals surface area contributed by atoms with E-state index in [2.05, 4.69) is 22.4 Å². The fourth-order valence-electron chi connectivity index (χ4n) is 1.28. The van der Waals surface area contributed by atoms with Crippen molar-refractivity contribution in [3.63, 3.8) is 0 Å². The molecule has 0 saturated heterocycles. The monoisotopic (exact) mass is 233 g/mol. The van der Waals surface area contributed by atoms with Crippen LogP contribution in [-0.4, -0.2) is 16.7 Å². The molecule has 1 heterocycles. The molecule has 0 aliphatic carbocycles. The number of aromatic nitrogens is 2. The molecule has 0 aliphatic rings. The van der Waals surface area contributed by atoms with Gasteiger partial charge in [0, 0.05) is 6.54 Å². The highest BCUT2D eigenvalue weighted by Crippen LogP contribution is 2.11. The van der Waals surface area contributed by atoms with Gasteiger partial charge in [-0.15, -0.1) is 0 Å². The summed E-state index contributed by atoms with van der Waals surface area (Å²) in [6, 6.07) is 9.98. The second-order valence-electron chi connectivity index (χ2n) is 3.54. The third kappa shape index (κ3) is 3.48.